The van der Waals surface area contributed by atoms with E-state index in [1.807, 2.05) is 0 Å². The molecule has 3 heteroatoms. The van der Waals surface area contributed by atoms with Crippen LogP contribution in [0.2, 0.25) is 0 Å². The normalized spacial score (nSPS) is 25.7. The van der Waals surface area contributed by atoms with Crippen LogP contribution in [0.5, 0.6) is 0 Å². The van der Waals surface area contributed by atoms with Gasteiger partial charge in [0.25, 0.3) is 0 Å². The lowest BCUT2D eigenvalue weighted by Gasteiger charge is -2.42. The number of hydrogen-bond donors (Lipinski definition) is 0. The van der Waals surface area contributed by atoms with Crippen LogP contribution in [0.3, 0.4) is 0 Å². The Morgan fingerprint density at radius 1 is 0.966 bits per heavy atom. The molecule has 0 radical (unpaired) electrons. The fourth-order valence-corrected chi connectivity index (χ4v) is 6.04. The van der Waals surface area contributed by atoms with E-state index in [0.717, 1.165) is 32.2 Å². The van der Waals surface area contributed by atoms with Gasteiger partial charge in [-0.1, -0.05) is 52.0 Å². The first-order valence-corrected chi connectivity index (χ1v) is 11.7. The smallest absolute Gasteiger partial charge is 0.0469 e. The predicted octanol–water partition coefficient (Wildman–Crippen LogP) is 5.46. The van der Waals surface area contributed by atoms with Gasteiger partial charge < -0.3 is 9.64 Å². The van der Waals surface area contributed by atoms with Crippen LogP contribution in [-0.4, -0.2) is 50.8 Å². The Morgan fingerprint density at radius 2 is 1.66 bits per heavy atom. The molecule has 2 saturated heterocycles. The maximum Gasteiger partial charge on any atom is 0.0469 e. The lowest BCUT2D eigenvalue weighted by Crippen LogP contribution is -2.48. The van der Waals surface area contributed by atoms with Crippen molar-refractivity contribution in [3.8, 4) is 0 Å². The standard InChI is InChI=1S/C26H40N2O/c1-25(2)17-22(18-26(3,4)20-25)23-7-5-6-8-24(23)28-13-11-27(12-14-28)19-21-9-15-29-16-10-21/h5-8,17,21H,9-16,18-20H2,1-4H3. The molecule has 0 atom stereocenters. The quantitative estimate of drug-likeness (QED) is 0.672. The highest BCUT2D eigenvalue weighted by molar-refractivity contribution is 5.78. The van der Waals surface area contributed by atoms with E-state index in [9.17, 15) is 0 Å². The van der Waals surface area contributed by atoms with Gasteiger partial charge in [0.2, 0.25) is 0 Å². The van der Waals surface area contributed by atoms with Crippen LogP contribution in [-0.2, 0) is 4.74 Å². The Hall–Kier alpha value is -1.32. The van der Waals surface area contributed by atoms with Crippen LogP contribution in [0.25, 0.3) is 5.57 Å². The molecule has 2 heterocycles. The summed E-state index contributed by atoms with van der Waals surface area (Å²) in [4.78, 5) is 5.31. The van der Waals surface area contributed by atoms with Gasteiger partial charge >= 0.3 is 0 Å². The van der Waals surface area contributed by atoms with E-state index in [2.05, 4.69) is 67.8 Å². The summed E-state index contributed by atoms with van der Waals surface area (Å²) >= 11 is 0. The van der Waals surface area contributed by atoms with Crippen molar-refractivity contribution in [2.45, 2.75) is 53.4 Å². The van der Waals surface area contributed by atoms with Crippen LogP contribution in [0.15, 0.2) is 30.3 Å². The minimum absolute atomic E-state index is 0.270. The topological polar surface area (TPSA) is 15.7 Å². The number of ether oxygens (including phenoxy) is 1. The predicted molar refractivity (Wildman–Crippen MR) is 123 cm³/mol. The Labute approximate surface area is 178 Å². The molecule has 3 aliphatic rings. The maximum atomic E-state index is 5.53. The Morgan fingerprint density at radius 3 is 2.34 bits per heavy atom. The zero-order chi connectivity index (χ0) is 20.5. The summed E-state index contributed by atoms with van der Waals surface area (Å²) in [6.07, 6.45) is 7.47. The van der Waals surface area contributed by atoms with Crippen molar-refractivity contribution in [1.29, 1.82) is 0 Å². The van der Waals surface area contributed by atoms with Crippen molar-refractivity contribution < 1.29 is 4.74 Å². The average Bonchev–Trinajstić information content (AvgIpc) is 2.67. The van der Waals surface area contributed by atoms with Crippen molar-refractivity contribution in [1.82, 2.24) is 4.90 Å². The zero-order valence-corrected chi connectivity index (χ0v) is 19.0. The number of benzene rings is 1. The Balaban J connectivity index is 1.46. The summed E-state index contributed by atoms with van der Waals surface area (Å²) in [5.74, 6) is 0.833. The summed E-state index contributed by atoms with van der Waals surface area (Å²) in [6, 6.07) is 9.13. The summed E-state index contributed by atoms with van der Waals surface area (Å²) in [5.41, 5.74) is 5.09. The Kier molecular flexibility index (Phi) is 6.09. The van der Waals surface area contributed by atoms with E-state index in [4.69, 9.17) is 4.74 Å². The molecule has 2 fully saturated rings. The molecule has 1 aliphatic carbocycles. The first-order valence-electron chi connectivity index (χ1n) is 11.7. The van der Waals surface area contributed by atoms with E-state index in [0.29, 0.717) is 5.41 Å². The van der Waals surface area contributed by atoms with E-state index in [-0.39, 0.29) is 5.41 Å². The van der Waals surface area contributed by atoms with E-state index < -0.39 is 0 Å². The number of para-hydroxylation sites is 1. The number of piperazine rings is 1. The molecular formula is C26H40N2O. The van der Waals surface area contributed by atoms with Gasteiger partial charge in [-0.3, -0.25) is 4.90 Å². The lowest BCUT2D eigenvalue weighted by atomic mass is 9.65. The SMILES string of the molecule is CC1(C)C=C(c2ccccc2N2CCN(CC3CCOCC3)CC2)CC(C)(C)C1. The number of allylic oxidation sites excluding steroid dienone is 2. The third kappa shape index (κ3) is 5.24. The van der Waals surface area contributed by atoms with E-state index in [1.54, 1.807) is 5.57 Å². The maximum absolute atomic E-state index is 5.53. The first-order chi connectivity index (χ1) is 13.8. The highest BCUT2D eigenvalue weighted by Gasteiger charge is 2.34. The second-order valence-corrected chi connectivity index (χ2v) is 11.0. The van der Waals surface area contributed by atoms with Crippen LogP contribution < -0.4 is 4.90 Å². The first kappa shape index (κ1) is 20.9. The molecule has 1 aromatic rings. The van der Waals surface area contributed by atoms with Gasteiger partial charge in [-0.25, -0.2) is 0 Å². The lowest BCUT2D eigenvalue weighted by molar-refractivity contribution is 0.0517. The Bertz CT molecular complexity index is 722. The van der Waals surface area contributed by atoms with Crippen LogP contribution >= 0.6 is 0 Å². The molecule has 2 aliphatic heterocycles. The summed E-state index contributed by atoms with van der Waals surface area (Å²) in [7, 11) is 0. The molecule has 1 aromatic carbocycles. The van der Waals surface area contributed by atoms with Gasteiger partial charge in [-0.15, -0.1) is 0 Å². The van der Waals surface area contributed by atoms with E-state index in [1.165, 1.54) is 56.6 Å². The molecule has 3 nitrogen and oxygen atoms in total. The zero-order valence-electron chi connectivity index (χ0n) is 19.0. The monoisotopic (exact) mass is 396 g/mol. The molecule has 4 rings (SSSR count). The third-order valence-electron chi connectivity index (χ3n) is 6.99. The summed E-state index contributed by atoms with van der Waals surface area (Å²) in [6.45, 7) is 17.5. The van der Waals surface area contributed by atoms with Crippen LogP contribution in [0.1, 0.15) is 58.9 Å². The average molecular weight is 397 g/mol. The molecule has 0 bridgehead atoms. The number of rotatable bonds is 4. The highest BCUT2D eigenvalue weighted by atomic mass is 16.5. The molecular weight excluding hydrogens is 356 g/mol. The van der Waals surface area contributed by atoms with Crippen LogP contribution in [0, 0.1) is 16.7 Å². The van der Waals surface area contributed by atoms with Crippen molar-refractivity contribution in [3.63, 3.8) is 0 Å². The van der Waals surface area contributed by atoms with Gasteiger partial charge in [-0.2, -0.15) is 0 Å². The van der Waals surface area contributed by atoms with Gasteiger partial charge in [0.15, 0.2) is 0 Å². The highest BCUT2D eigenvalue weighted by Crippen LogP contribution is 2.48. The van der Waals surface area contributed by atoms with Crippen molar-refractivity contribution >= 4 is 11.3 Å². The molecule has 0 unspecified atom stereocenters. The second-order valence-electron chi connectivity index (χ2n) is 11.0. The van der Waals surface area contributed by atoms with Gasteiger partial charge in [0.05, 0.1) is 0 Å². The number of anilines is 1. The molecule has 0 aromatic heterocycles. The minimum Gasteiger partial charge on any atom is -0.381 e. The summed E-state index contributed by atoms with van der Waals surface area (Å²) in [5, 5.41) is 0. The van der Waals surface area contributed by atoms with E-state index >= 15 is 0 Å². The molecule has 160 valence electrons. The number of hydrogen-bond acceptors (Lipinski definition) is 3. The minimum atomic E-state index is 0.270. The van der Waals surface area contributed by atoms with Gasteiger partial charge in [0, 0.05) is 57.2 Å². The molecule has 0 spiro atoms. The van der Waals surface area contributed by atoms with Crippen molar-refractivity contribution in [2.24, 2.45) is 16.7 Å². The fourth-order valence-electron chi connectivity index (χ4n) is 6.04. The summed E-state index contributed by atoms with van der Waals surface area (Å²) < 4.78 is 5.53. The van der Waals surface area contributed by atoms with Crippen LogP contribution in [0.4, 0.5) is 5.69 Å². The van der Waals surface area contributed by atoms with Gasteiger partial charge in [-0.05, 0) is 54.1 Å². The molecule has 29 heavy (non-hydrogen) atoms. The van der Waals surface area contributed by atoms with Crippen molar-refractivity contribution in [2.75, 3.05) is 50.8 Å². The molecule has 0 N–H and O–H groups in total. The van der Waals surface area contributed by atoms with Crippen molar-refractivity contribution in [3.05, 3.63) is 35.9 Å². The molecule has 0 saturated carbocycles. The largest absolute Gasteiger partial charge is 0.381 e. The van der Waals surface area contributed by atoms with Gasteiger partial charge in [0.1, 0.15) is 0 Å². The molecule has 0 amide bonds. The fraction of sp³-hybridized carbons (Fsp3) is 0.692. The second kappa shape index (κ2) is 8.43. The third-order valence-corrected chi connectivity index (χ3v) is 6.99. The number of nitrogens with zero attached hydrogens (tertiary/aromatic N) is 2.